The minimum absolute atomic E-state index is 0.155. The Morgan fingerprint density at radius 3 is 2.65 bits per heavy atom. The molecule has 0 aliphatic rings. The standard InChI is InChI=1S/C11H15ClN4O3S/c1-3-5-9-14-11(20(12,17)18)7-16(9)6-10-13-8(4-2)15-19-10/h7H,3-6H2,1-2H3. The van der Waals surface area contributed by atoms with Gasteiger partial charge in [-0.15, -0.1) is 0 Å². The Labute approximate surface area is 121 Å². The molecule has 0 bridgehead atoms. The van der Waals surface area contributed by atoms with Crippen molar-refractivity contribution in [3.8, 4) is 0 Å². The third-order valence-corrected chi connectivity index (χ3v) is 3.86. The highest BCUT2D eigenvalue weighted by atomic mass is 35.7. The van der Waals surface area contributed by atoms with E-state index in [1.807, 2.05) is 13.8 Å². The van der Waals surface area contributed by atoms with Crippen LogP contribution in [-0.2, 0) is 28.4 Å². The molecule has 0 atom stereocenters. The van der Waals surface area contributed by atoms with Crippen LogP contribution in [0.5, 0.6) is 0 Å². The first kappa shape index (κ1) is 15.0. The molecule has 7 nitrogen and oxygen atoms in total. The molecule has 0 saturated carbocycles. The van der Waals surface area contributed by atoms with Crippen LogP contribution < -0.4 is 0 Å². The number of aromatic nitrogens is 4. The lowest BCUT2D eigenvalue weighted by Gasteiger charge is -2.02. The van der Waals surface area contributed by atoms with Crippen LogP contribution in [-0.4, -0.2) is 28.1 Å². The van der Waals surface area contributed by atoms with Crippen LogP contribution in [0.4, 0.5) is 0 Å². The Bertz CT molecular complexity index is 692. The number of aryl methyl sites for hydroxylation is 2. The quantitative estimate of drug-likeness (QED) is 0.754. The fraction of sp³-hybridized carbons (Fsp3) is 0.545. The van der Waals surface area contributed by atoms with Crippen LogP contribution in [0.3, 0.4) is 0 Å². The third kappa shape index (κ3) is 3.37. The minimum atomic E-state index is -3.84. The Morgan fingerprint density at radius 1 is 1.35 bits per heavy atom. The van der Waals surface area contributed by atoms with Gasteiger partial charge in [-0.25, -0.2) is 13.4 Å². The number of rotatable bonds is 6. The van der Waals surface area contributed by atoms with Gasteiger partial charge < -0.3 is 9.09 Å². The lowest BCUT2D eigenvalue weighted by molar-refractivity contribution is 0.365. The average Bonchev–Trinajstić information content (AvgIpc) is 2.97. The zero-order valence-electron chi connectivity index (χ0n) is 11.2. The number of halogens is 1. The van der Waals surface area contributed by atoms with Crippen molar-refractivity contribution in [1.82, 2.24) is 19.7 Å². The second kappa shape index (κ2) is 5.92. The summed E-state index contributed by atoms with van der Waals surface area (Å²) in [6.07, 6.45) is 3.55. The average molecular weight is 319 g/mol. The van der Waals surface area contributed by atoms with Crippen molar-refractivity contribution in [3.05, 3.63) is 23.7 Å². The fourth-order valence-corrected chi connectivity index (χ4v) is 2.44. The summed E-state index contributed by atoms with van der Waals surface area (Å²) in [6.45, 7) is 4.18. The largest absolute Gasteiger partial charge is 0.337 e. The van der Waals surface area contributed by atoms with E-state index in [0.717, 1.165) is 6.42 Å². The van der Waals surface area contributed by atoms with Gasteiger partial charge in [-0.1, -0.05) is 19.0 Å². The molecule has 110 valence electrons. The smallest absolute Gasteiger partial charge is 0.280 e. The summed E-state index contributed by atoms with van der Waals surface area (Å²) in [5.74, 6) is 1.65. The molecule has 2 rings (SSSR count). The van der Waals surface area contributed by atoms with Gasteiger partial charge in [0.2, 0.25) is 5.89 Å². The van der Waals surface area contributed by atoms with Crippen LogP contribution in [0.15, 0.2) is 15.7 Å². The first-order valence-corrected chi connectivity index (χ1v) is 8.57. The molecule has 0 unspecified atom stereocenters. The SMILES string of the molecule is CCCc1nc(S(=O)(=O)Cl)cn1Cc1nc(CC)no1. The number of hydrogen-bond donors (Lipinski definition) is 0. The van der Waals surface area contributed by atoms with E-state index in [2.05, 4.69) is 15.1 Å². The number of nitrogens with zero attached hydrogens (tertiary/aromatic N) is 4. The molecule has 0 aromatic carbocycles. The van der Waals surface area contributed by atoms with E-state index in [9.17, 15) is 8.42 Å². The maximum Gasteiger partial charge on any atom is 0.280 e. The predicted molar refractivity (Wildman–Crippen MR) is 72.0 cm³/mol. The Kier molecular flexibility index (Phi) is 4.44. The van der Waals surface area contributed by atoms with Gasteiger partial charge in [0.25, 0.3) is 9.05 Å². The molecule has 0 aliphatic carbocycles. The zero-order chi connectivity index (χ0) is 14.8. The maximum atomic E-state index is 11.3. The monoisotopic (exact) mass is 318 g/mol. The lowest BCUT2D eigenvalue weighted by atomic mass is 10.3. The number of imidazole rings is 1. The van der Waals surface area contributed by atoms with Gasteiger partial charge in [0, 0.05) is 29.7 Å². The summed E-state index contributed by atoms with van der Waals surface area (Å²) in [7, 11) is 1.48. The molecular formula is C11H15ClN4O3S. The molecule has 0 amide bonds. The predicted octanol–water partition coefficient (Wildman–Crippen LogP) is 1.76. The number of hydrogen-bond acceptors (Lipinski definition) is 6. The van der Waals surface area contributed by atoms with Gasteiger partial charge >= 0.3 is 0 Å². The van der Waals surface area contributed by atoms with Crippen molar-refractivity contribution in [2.45, 2.75) is 44.7 Å². The van der Waals surface area contributed by atoms with Crippen LogP contribution in [0.25, 0.3) is 0 Å². The van der Waals surface area contributed by atoms with Gasteiger partial charge in [0.05, 0.1) is 0 Å². The highest BCUT2D eigenvalue weighted by molar-refractivity contribution is 8.13. The van der Waals surface area contributed by atoms with Gasteiger partial charge in [-0.2, -0.15) is 4.98 Å². The van der Waals surface area contributed by atoms with Crippen LogP contribution in [0, 0.1) is 0 Å². The summed E-state index contributed by atoms with van der Waals surface area (Å²) in [6, 6.07) is 0. The molecule has 0 fully saturated rings. The Hall–Kier alpha value is -1.41. The molecule has 2 heterocycles. The molecule has 0 spiro atoms. The summed E-state index contributed by atoms with van der Waals surface area (Å²) in [4.78, 5) is 8.24. The summed E-state index contributed by atoms with van der Waals surface area (Å²) >= 11 is 0. The normalized spacial score (nSPS) is 11.9. The van der Waals surface area contributed by atoms with Crippen molar-refractivity contribution < 1.29 is 12.9 Å². The molecular weight excluding hydrogens is 304 g/mol. The molecule has 9 heteroatoms. The molecule has 2 aromatic rings. The molecule has 20 heavy (non-hydrogen) atoms. The van der Waals surface area contributed by atoms with E-state index in [0.29, 0.717) is 30.4 Å². The second-order valence-electron chi connectivity index (χ2n) is 4.27. The van der Waals surface area contributed by atoms with Crippen molar-refractivity contribution in [1.29, 1.82) is 0 Å². The van der Waals surface area contributed by atoms with Crippen LogP contribution >= 0.6 is 10.7 Å². The Balaban J connectivity index is 2.31. The van der Waals surface area contributed by atoms with E-state index >= 15 is 0 Å². The van der Waals surface area contributed by atoms with E-state index in [1.165, 1.54) is 6.20 Å². The van der Waals surface area contributed by atoms with Crippen molar-refractivity contribution in [2.24, 2.45) is 0 Å². The van der Waals surface area contributed by atoms with E-state index in [-0.39, 0.29) is 11.6 Å². The van der Waals surface area contributed by atoms with Gasteiger partial charge in [-0.3, -0.25) is 0 Å². The first-order valence-electron chi connectivity index (χ1n) is 6.26. The lowest BCUT2D eigenvalue weighted by Crippen LogP contribution is -2.04. The second-order valence-corrected chi connectivity index (χ2v) is 6.78. The third-order valence-electron chi connectivity index (χ3n) is 2.69. The van der Waals surface area contributed by atoms with Crippen molar-refractivity contribution >= 4 is 19.7 Å². The topological polar surface area (TPSA) is 90.9 Å². The van der Waals surface area contributed by atoms with E-state index < -0.39 is 9.05 Å². The van der Waals surface area contributed by atoms with Crippen molar-refractivity contribution in [2.75, 3.05) is 0 Å². The fourth-order valence-electron chi connectivity index (χ4n) is 1.75. The minimum Gasteiger partial charge on any atom is -0.337 e. The molecule has 0 saturated heterocycles. The van der Waals surface area contributed by atoms with E-state index in [4.69, 9.17) is 15.2 Å². The molecule has 0 aliphatic heterocycles. The zero-order valence-corrected chi connectivity index (χ0v) is 12.8. The van der Waals surface area contributed by atoms with Crippen LogP contribution in [0.2, 0.25) is 0 Å². The molecule has 0 N–H and O–H groups in total. The van der Waals surface area contributed by atoms with Crippen LogP contribution in [0.1, 0.15) is 37.8 Å². The maximum absolute atomic E-state index is 11.3. The van der Waals surface area contributed by atoms with Crippen molar-refractivity contribution in [3.63, 3.8) is 0 Å². The Morgan fingerprint density at radius 2 is 2.10 bits per heavy atom. The molecule has 0 radical (unpaired) electrons. The summed E-state index contributed by atoms with van der Waals surface area (Å²) in [5.41, 5.74) is 0. The van der Waals surface area contributed by atoms with E-state index in [1.54, 1.807) is 4.57 Å². The molecule has 2 aromatic heterocycles. The summed E-state index contributed by atoms with van der Waals surface area (Å²) in [5, 5.41) is 3.64. The summed E-state index contributed by atoms with van der Waals surface area (Å²) < 4.78 is 29.5. The highest BCUT2D eigenvalue weighted by Crippen LogP contribution is 2.16. The van der Waals surface area contributed by atoms with Gasteiger partial charge in [-0.05, 0) is 6.42 Å². The van der Waals surface area contributed by atoms with Gasteiger partial charge in [0.15, 0.2) is 10.9 Å². The highest BCUT2D eigenvalue weighted by Gasteiger charge is 2.18. The first-order chi connectivity index (χ1) is 9.44. The van der Waals surface area contributed by atoms with Gasteiger partial charge in [0.1, 0.15) is 12.4 Å².